The Kier molecular flexibility index (Phi) is 8.45. The minimum Gasteiger partial charge on any atom is -0.456 e. The molecule has 0 radical (unpaired) electrons. The first-order valence-corrected chi connectivity index (χ1v) is 9.16. The van der Waals surface area contributed by atoms with E-state index in [0.29, 0.717) is 10.7 Å². The number of hydrogen-bond donors (Lipinski definition) is 3. The van der Waals surface area contributed by atoms with Crippen molar-refractivity contribution in [2.24, 2.45) is 0 Å². The summed E-state index contributed by atoms with van der Waals surface area (Å²) in [4.78, 5) is 47.1. The molecule has 0 heterocycles. The van der Waals surface area contributed by atoms with Gasteiger partial charge in [-0.3, -0.25) is 30.0 Å². The van der Waals surface area contributed by atoms with Gasteiger partial charge in [0.05, 0.1) is 27.7 Å². The summed E-state index contributed by atoms with van der Waals surface area (Å²) in [6.07, 6.45) is -0.513. The van der Waals surface area contributed by atoms with Crippen molar-refractivity contribution in [3.05, 3.63) is 64.1 Å². The maximum absolute atomic E-state index is 11.9. The largest absolute Gasteiger partial charge is 0.456 e. The number of hydrogen-bond acceptors (Lipinski definition) is 5. The molecular weight excluding hydrogens is 421 g/mol. The monoisotopic (exact) mass is 437 g/mol. The predicted molar refractivity (Wildman–Crippen MR) is 107 cm³/mol. The fourth-order valence-electron chi connectivity index (χ4n) is 2.08. The van der Waals surface area contributed by atoms with E-state index in [1.807, 2.05) is 0 Å². The fraction of sp³-hybridized carbons (Fsp3) is 0.158. The summed E-state index contributed by atoms with van der Waals surface area (Å²) in [6, 6.07) is 12.9. The zero-order valence-corrected chi connectivity index (χ0v) is 16.5. The number of nitrogens with one attached hydrogen (secondary N) is 3. The van der Waals surface area contributed by atoms with Gasteiger partial charge in [-0.1, -0.05) is 47.5 Å². The molecule has 2 aromatic carbocycles. The zero-order valence-electron chi connectivity index (χ0n) is 15.0. The molecule has 0 aliphatic heterocycles. The number of rotatable bonds is 7. The van der Waals surface area contributed by atoms with E-state index in [4.69, 9.17) is 27.9 Å². The van der Waals surface area contributed by atoms with E-state index in [0.717, 1.165) is 0 Å². The summed E-state index contributed by atoms with van der Waals surface area (Å²) in [6.45, 7) is -0.519. The van der Waals surface area contributed by atoms with Crippen molar-refractivity contribution in [1.82, 2.24) is 10.9 Å². The van der Waals surface area contributed by atoms with Crippen LogP contribution in [0.2, 0.25) is 10.0 Å². The molecule has 3 N–H and O–H groups in total. The number of benzene rings is 2. The van der Waals surface area contributed by atoms with Crippen LogP contribution in [0.1, 0.15) is 23.2 Å². The number of anilines is 1. The maximum Gasteiger partial charge on any atom is 0.306 e. The number of carbonyl (C=O) groups excluding carboxylic acids is 4. The topological polar surface area (TPSA) is 114 Å². The third-order valence-electron chi connectivity index (χ3n) is 3.50. The average molecular weight is 438 g/mol. The molecule has 3 amide bonds. The van der Waals surface area contributed by atoms with Crippen LogP contribution < -0.4 is 16.2 Å². The van der Waals surface area contributed by atoms with Gasteiger partial charge in [-0.05, 0) is 24.3 Å². The molecule has 0 saturated heterocycles. The summed E-state index contributed by atoms with van der Waals surface area (Å²) >= 11 is 11.8. The fourth-order valence-corrected chi connectivity index (χ4v) is 2.49. The van der Waals surface area contributed by atoms with Crippen molar-refractivity contribution in [2.75, 3.05) is 11.9 Å². The summed E-state index contributed by atoms with van der Waals surface area (Å²) in [5.41, 5.74) is 4.95. The first-order valence-electron chi connectivity index (χ1n) is 8.40. The highest BCUT2D eigenvalue weighted by molar-refractivity contribution is 6.34. The van der Waals surface area contributed by atoms with Crippen LogP contribution in [-0.2, 0) is 19.1 Å². The van der Waals surface area contributed by atoms with Crippen LogP contribution in [0, 0.1) is 0 Å². The Bertz CT molecular complexity index is 920. The first-order chi connectivity index (χ1) is 13.9. The van der Waals surface area contributed by atoms with Crippen molar-refractivity contribution in [2.45, 2.75) is 12.8 Å². The Morgan fingerprint density at radius 3 is 2.14 bits per heavy atom. The summed E-state index contributed by atoms with van der Waals surface area (Å²) in [5.74, 6) is -2.51. The number of para-hydroxylation sites is 1. The number of esters is 1. The normalized spacial score (nSPS) is 10.0. The van der Waals surface area contributed by atoms with Crippen LogP contribution in [0.5, 0.6) is 0 Å². The third-order valence-corrected chi connectivity index (χ3v) is 4.16. The lowest BCUT2D eigenvalue weighted by molar-refractivity contribution is -0.148. The van der Waals surface area contributed by atoms with Gasteiger partial charge in [-0.25, -0.2) is 0 Å². The average Bonchev–Trinajstić information content (AvgIpc) is 2.71. The highest BCUT2D eigenvalue weighted by atomic mass is 35.5. The molecule has 0 spiro atoms. The lowest BCUT2D eigenvalue weighted by Crippen LogP contribution is -2.41. The van der Waals surface area contributed by atoms with Crippen molar-refractivity contribution < 1.29 is 23.9 Å². The van der Waals surface area contributed by atoms with Crippen LogP contribution in [0.3, 0.4) is 0 Å². The quantitative estimate of drug-likeness (QED) is 0.455. The standard InChI is InChI=1S/C19H17Cl2N3O5/c20-13-6-2-1-5-12(13)19(28)24-23-16(25)9-10-18(27)29-11-17(26)22-15-8-4-3-7-14(15)21/h1-8H,9-11H2,(H,22,26)(H,23,25)(H,24,28). The maximum atomic E-state index is 11.9. The molecule has 0 aliphatic rings. The van der Waals surface area contributed by atoms with Crippen LogP contribution in [-0.4, -0.2) is 30.3 Å². The molecule has 0 aromatic heterocycles. The van der Waals surface area contributed by atoms with E-state index in [-0.39, 0.29) is 23.4 Å². The van der Waals surface area contributed by atoms with Gasteiger partial charge in [-0.2, -0.15) is 0 Å². The minimum absolute atomic E-state index is 0.193. The molecule has 0 aliphatic carbocycles. The second-order valence-electron chi connectivity index (χ2n) is 5.67. The van der Waals surface area contributed by atoms with Gasteiger partial charge in [0.25, 0.3) is 11.8 Å². The highest BCUT2D eigenvalue weighted by Gasteiger charge is 2.13. The molecule has 0 fully saturated rings. The highest BCUT2D eigenvalue weighted by Crippen LogP contribution is 2.20. The number of hydrazine groups is 1. The van der Waals surface area contributed by atoms with Gasteiger partial charge in [0, 0.05) is 6.42 Å². The van der Waals surface area contributed by atoms with Gasteiger partial charge >= 0.3 is 5.97 Å². The zero-order chi connectivity index (χ0) is 21.2. The Morgan fingerprint density at radius 2 is 1.45 bits per heavy atom. The van der Waals surface area contributed by atoms with Gasteiger partial charge in [0.15, 0.2) is 6.61 Å². The van der Waals surface area contributed by atoms with Crippen molar-refractivity contribution in [3.8, 4) is 0 Å². The van der Waals surface area contributed by atoms with Gasteiger partial charge in [0.2, 0.25) is 5.91 Å². The summed E-state index contributed by atoms with van der Waals surface area (Å²) < 4.78 is 4.80. The Labute approximate surface area is 176 Å². The van der Waals surface area contributed by atoms with Crippen LogP contribution >= 0.6 is 23.2 Å². The van der Waals surface area contributed by atoms with Crippen molar-refractivity contribution >= 4 is 52.6 Å². The molecule has 10 heteroatoms. The molecule has 8 nitrogen and oxygen atoms in total. The molecular formula is C19H17Cl2N3O5. The van der Waals surface area contributed by atoms with Crippen molar-refractivity contribution in [3.63, 3.8) is 0 Å². The molecule has 0 unspecified atom stereocenters. The lowest BCUT2D eigenvalue weighted by atomic mass is 10.2. The Hall–Kier alpha value is -3.10. The van der Waals surface area contributed by atoms with E-state index in [1.165, 1.54) is 12.1 Å². The summed E-state index contributed by atoms with van der Waals surface area (Å²) in [7, 11) is 0. The predicted octanol–water partition coefficient (Wildman–Crippen LogP) is 2.72. The van der Waals surface area contributed by atoms with Crippen LogP contribution in [0.15, 0.2) is 48.5 Å². The number of halogens is 2. The first kappa shape index (κ1) is 22.2. The van der Waals surface area contributed by atoms with E-state index >= 15 is 0 Å². The molecule has 2 aromatic rings. The number of amides is 3. The Morgan fingerprint density at radius 1 is 0.793 bits per heavy atom. The summed E-state index contributed by atoms with van der Waals surface area (Å²) in [5, 5.41) is 3.08. The third kappa shape index (κ3) is 7.44. The second-order valence-corrected chi connectivity index (χ2v) is 6.49. The molecule has 29 heavy (non-hydrogen) atoms. The van der Waals surface area contributed by atoms with E-state index in [2.05, 4.69) is 16.2 Å². The smallest absolute Gasteiger partial charge is 0.306 e. The van der Waals surface area contributed by atoms with Gasteiger partial charge in [-0.15, -0.1) is 0 Å². The van der Waals surface area contributed by atoms with Crippen molar-refractivity contribution in [1.29, 1.82) is 0 Å². The molecule has 0 bridgehead atoms. The lowest BCUT2D eigenvalue weighted by Gasteiger charge is -2.09. The number of ether oxygens (including phenoxy) is 1. The Balaban J connectivity index is 1.66. The van der Waals surface area contributed by atoms with E-state index in [1.54, 1.807) is 36.4 Å². The molecule has 0 atom stereocenters. The molecule has 2 rings (SSSR count). The van der Waals surface area contributed by atoms with E-state index < -0.39 is 30.3 Å². The van der Waals surface area contributed by atoms with Gasteiger partial charge in [0.1, 0.15) is 0 Å². The van der Waals surface area contributed by atoms with Crippen LogP contribution in [0.25, 0.3) is 0 Å². The molecule has 0 saturated carbocycles. The second kappa shape index (κ2) is 11.0. The SMILES string of the molecule is O=C(CCC(=O)OCC(=O)Nc1ccccc1Cl)NNC(=O)c1ccccc1Cl. The van der Waals surface area contributed by atoms with Crippen LogP contribution in [0.4, 0.5) is 5.69 Å². The van der Waals surface area contributed by atoms with E-state index in [9.17, 15) is 19.2 Å². The number of carbonyl (C=O) groups is 4. The minimum atomic E-state index is -0.744. The molecule has 152 valence electrons. The van der Waals surface area contributed by atoms with Gasteiger partial charge < -0.3 is 10.1 Å².